The summed E-state index contributed by atoms with van der Waals surface area (Å²) in [6.45, 7) is 1.50. The largest absolute Gasteiger partial charge is 0.488 e. The number of rotatable bonds is 4. The van der Waals surface area contributed by atoms with Crippen molar-refractivity contribution in [3.8, 4) is 5.75 Å². The smallest absolute Gasteiger partial charge is 0.163 e. The van der Waals surface area contributed by atoms with Gasteiger partial charge in [0.25, 0.3) is 0 Å². The molecule has 5 heteroatoms. The number of ketones is 1. The second kappa shape index (κ2) is 5.92. The predicted molar refractivity (Wildman–Crippen MR) is 76.6 cm³/mol. The standard InChI is InChI=1S/C15H13ClFNO2/c1-9(19)13-7-12(18)3-5-15(13)20-8-10-6-11(17)2-4-14(10)16/h2-7H,8,18H2,1H3. The van der Waals surface area contributed by atoms with Crippen molar-refractivity contribution >= 4 is 23.1 Å². The minimum atomic E-state index is -0.392. The Bertz CT molecular complexity index is 658. The van der Waals surface area contributed by atoms with Gasteiger partial charge in [-0.3, -0.25) is 4.79 Å². The van der Waals surface area contributed by atoms with Crippen LogP contribution in [0.2, 0.25) is 5.02 Å². The molecule has 0 saturated carbocycles. The van der Waals surface area contributed by atoms with Crippen molar-refractivity contribution in [3.63, 3.8) is 0 Å². The lowest BCUT2D eigenvalue weighted by Gasteiger charge is -2.11. The van der Waals surface area contributed by atoms with Crippen LogP contribution in [0.5, 0.6) is 5.75 Å². The number of hydrogen-bond acceptors (Lipinski definition) is 3. The van der Waals surface area contributed by atoms with Crippen LogP contribution in [0.15, 0.2) is 36.4 Å². The van der Waals surface area contributed by atoms with Gasteiger partial charge >= 0.3 is 0 Å². The first-order valence-electron chi connectivity index (χ1n) is 5.94. The number of ether oxygens (including phenoxy) is 1. The lowest BCUT2D eigenvalue weighted by molar-refractivity contribution is 0.101. The van der Waals surface area contributed by atoms with Crippen LogP contribution in [0.4, 0.5) is 10.1 Å². The Morgan fingerprint density at radius 3 is 2.75 bits per heavy atom. The van der Waals surface area contributed by atoms with Gasteiger partial charge in [0.05, 0.1) is 5.56 Å². The molecule has 2 aromatic carbocycles. The third kappa shape index (κ3) is 3.27. The van der Waals surface area contributed by atoms with Gasteiger partial charge in [-0.1, -0.05) is 11.6 Å². The number of nitrogen functional groups attached to an aromatic ring is 1. The Labute approximate surface area is 121 Å². The lowest BCUT2D eigenvalue weighted by Crippen LogP contribution is -2.03. The second-order valence-electron chi connectivity index (χ2n) is 4.34. The highest BCUT2D eigenvalue weighted by molar-refractivity contribution is 6.31. The Morgan fingerprint density at radius 1 is 1.30 bits per heavy atom. The van der Waals surface area contributed by atoms with E-state index in [0.29, 0.717) is 27.6 Å². The van der Waals surface area contributed by atoms with Crippen molar-refractivity contribution in [2.45, 2.75) is 13.5 Å². The first-order valence-corrected chi connectivity index (χ1v) is 6.32. The quantitative estimate of drug-likeness (QED) is 0.688. The van der Waals surface area contributed by atoms with Gasteiger partial charge in [-0.25, -0.2) is 4.39 Å². The van der Waals surface area contributed by atoms with E-state index in [1.807, 2.05) is 0 Å². The molecule has 0 unspecified atom stereocenters. The fourth-order valence-corrected chi connectivity index (χ4v) is 1.93. The van der Waals surface area contributed by atoms with E-state index in [0.717, 1.165) is 0 Å². The number of Topliss-reactive ketones (excluding diaryl/α,β-unsaturated/α-hetero) is 1. The zero-order valence-electron chi connectivity index (χ0n) is 10.8. The van der Waals surface area contributed by atoms with Crippen molar-refractivity contribution < 1.29 is 13.9 Å². The van der Waals surface area contributed by atoms with Gasteiger partial charge in [0.1, 0.15) is 18.2 Å². The first kappa shape index (κ1) is 14.3. The number of hydrogen-bond donors (Lipinski definition) is 1. The van der Waals surface area contributed by atoms with Gasteiger partial charge in [0.2, 0.25) is 0 Å². The van der Waals surface area contributed by atoms with Crippen LogP contribution in [0.25, 0.3) is 0 Å². The molecule has 0 radical (unpaired) electrons. The Hall–Kier alpha value is -2.07. The molecule has 20 heavy (non-hydrogen) atoms. The van der Waals surface area contributed by atoms with Crippen LogP contribution in [0.1, 0.15) is 22.8 Å². The lowest BCUT2D eigenvalue weighted by atomic mass is 10.1. The van der Waals surface area contributed by atoms with Crippen molar-refractivity contribution in [2.24, 2.45) is 0 Å². The molecule has 0 aliphatic rings. The summed E-state index contributed by atoms with van der Waals surface area (Å²) in [4.78, 5) is 11.5. The molecule has 0 aliphatic carbocycles. The highest BCUT2D eigenvalue weighted by Crippen LogP contribution is 2.25. The number of benzene rings is 2. The molecule has 0 saturated heterocycles. The van der Waals surface area contributed by atoms with Gasteiger partial charge in [-0.2, -0.15) is 0 Å². The summed E-state index contributed by atoms with van der Waals surface area (Å²) in [5.41, 5.74) is 7.01. The van der Waals surface area contributed by atoms with E-state index in [4.69, 9.17) is 22.1 Å². The fraction of sp³-hybridized carbons (Fsp3) is 0.133. The summed E-state index contributed by atoms with van der Waals surface area (Å²) in [5.74, 6) is -0.151. The second-order valence-corrected chi connectivity index (χ2v) is 4.74. The van der Waals surface area contributed by atoms with Gasteiger partial charge < -0.3 is 10.5 Å². The maximum absolute atomic E-state index is 13.1. The molecule has 0 aromatic heterocycles. The third-order valence-electron chi connectivity index (χ3n) is 2.77. The number of carbonyl (C=O) groups is 1. The highest BCUT2D eigenvalue weighted by Gasteiger charge is 2.10. The van der Waals surface area contributed by atoms with E-state index >= 15 is 0 Å². The van der Waals surface area contributed by atoms with Crippen LogP contribution in [-0.2, 0) is 6.61 Å². The molecule has 0 aliphatic heterocycles. The van der Waals surface area contributed by atoms with Crippen LogP contribution < -0.4 is 10.5 Å². The maximum Gasteiger partial charge on any atom is 0.163 e. The zero-order valence-corrected chi connectivity index (χ0v) is 11.6. The average Bonchev–Trinajstić information content (AvgIpc) is 2.40. The van der Waals surface area contributed by atoms with Crippen LogP contribution in [-0.4, -0.2) is 5.78 Å². The number of anilines is 1. The molecule has 0 amide bonds. The molecule has 2 N–H and O–H groups in total. The summed E-state index contributed by atoms with van der Waals surface area (Å²) < 4.78 is 18.7. The summed E-state index contributed by atoms with van der Waals surface area (Å²) in [7, 11) is 0. The third-order valence-corrected chi connectivity index (χ3v) is 3.14. The Balaban J connectivity index is 2.23. The molecular weight excluding hydrogens is 281 g/mol. The number of halogens is 2. The van der Waals surface area contributed by atoms with Gasteiger partial charge in [0, 0.05) is 16.3 Å². The van der Waals surface area contributed by atoms with Gasteiger partial charge in [-0.05, 0) is 43.3 Å². The van der Waals surface area contributed by atoms with E-state index in [2.05, 4.69) is 0 Å². The maximum atomic E-state index is 13.1. The SMILES string of the molecule is CC(=O)c1cc(N)ccc1OCc1cc(F)ccc1Cl. The van der Waals surface area contributed by atoms with Crippen LogP contribution >= 0.6 is 11.6 Å². The van der Waals surface area contributed by atoms with E-state index in [9.17, 15) is 9.18 Å². The first-order chi connectivity index (χ1) is 9.47. The van der Waals surface area contributed by atoms with Crippen molar-refractivity contribution in [1.29, 1.82) is 0 Å². The summed E-state index contributed by atoms with van der Waals surface area (Å²) >= 11 is 5.96. The Kier molecular flexibility index (Phi) is 4.25. The predicted octanol–water partition coefficient (Wildman–Crippen LogP) is 3.84. The number of nitrogens with two attached hydrogens (primary N) is 1. The molecule has 0 fully saturated rings. The summed E-state index contributed by atoms with van der Waals surface area (Å²) in [6, 6.07) is 8.83. The number of carbonyl (C=O) groups excluding carboxylic acids is 1. The molecular formula is C15H13ClFNO2. The molecule has 2 rings (SSSR count). The minimum absolute atomic E-state index is 0.0702. The minimum Gasteiger partial charge on any atom is -0.488 e. The van der Waals surface area contributed by atoms with Crippen molar-refractivity contribution in [2.75, 3.05) is 5.73 Å². The molecule has 104 valence electrons. The van der Waals surface area contributed by atoms with E-state index in [-0.39, 0.29) is 12.4 Å². The zero-order chi connectivity index (χ0) is 14.7. The molecule has 0 spiro atoms. The van der Waals surface area contributed by atoms with Gasteiger partial charge in [0.15, 0.2) is 5.78 Å². The normalized spacial score (nSPS) is 10.3. The van der Waals surface area contributed by atoms with Gasteiger partial charge in [-0.15, -0.1) is 0 Å². The van der Waals surface area contributed by atoms with Crippen molar-refractivity contribution in [1.82, 2.24) is 0 Å². The average molecular weight is 294 g/mol. The van der Waals surface area contributed by atoms with E-state index in [1.165, 1.54) is 25.1 Å². The van der Waals surface area contributed by atoms with E-state index < -0.39 is 5.82 Å². The van der Waals surface area contributed by atoms with E-state index in [1.54, 1.807) is 18.2 Å². The molecule has 0 atom stereocenters. The topological polar surface area (TPSA) is 52.3 Å². The van der Waals surface area contributed by atoms with Crippen LogP contribution in [0, 0.1) is 5.82 Å². The molecule has 3 nitrogen and oxygen atoms in total. The van der Waals surface area contributed by atoms with Crippen molar-refractivity contribution in [3.05, 3.63) is 58.4 Å². The molecule has 0 bridgehead atoms. The fourth-order valence-electron chi connectivity index (χ4n) is 1.76. The summed E-state index contributed by atoms with van der Waals surface area (Å²) in [5, 5.41) is 0.409. The summed E-state index contributed by atoms with van der Waals surface area (Å²) in [6.07, 6.45) is 0. The highest BCUT2D eigenvalue weighted by atomic mass is 35.5. The van der Waals surface area contributed by atoms with Crippen LogP contribution in [0.3, 0.4) is 0 Å². The Morgan fingerprint density at radius 2 is 2.05 bits per heavy atom. The molecule has 2 aromatic rings. The monoisotopic (exact) mass is 293 g/mol. The molecule has 0 heterocycles.